The summed E-state index contributed by atoms with van der Waals surface area (Å²) in [6, 6.07) is 3.91. The Hall–Kier alpha value is -1.29. The third-order valence-corrected chi connectivity index (χ3v) is 4.01. The van der Waals surface area contributed by atoms with Crippen LogP contribution < -0.4 is 4.74 Å². The van der Waals surface area contributed by atoms with Gasteiger partial charge in [0.25, 0.3) is 0 Å². The molecule has 6 heteroatoms. The average molecular weight is 371 g/mol. The van der Waals surface area contributed by atoms with Crippen LogP contribution in [-0.2, 0) is 19.3 Å². The number of hydrogen-bond donors (Lipinski definition) is 1. The van der Waals surface area contributed by atoms with Gasteiger partial charge in [0.2, 0.25) is 6.10 Å². The number of hydrogen-bond acceptors (Lipinski definition) is 4. The van der Waals surface area contributed by atoms with E-state index in [0.717, 1.165) is 16.7 Å². The minimum Gasteiger partial charge on any atom is -0.424 e. The molecule has 0 heterocycles. The van der Waals surface area contributed by atoms with E-state index in [-0.39, 0.29) is 5.41 Å². The topological polar surface area (TPSA) is 72.8 Å². The number of carbonyl (C=O) groups is 1. The molecule has 0 saturated heterocycles. The van der Waals surface area contributed by atoms with E-state index in [2.05, 4.69) is 18.4 Å². The Morgan fingerprint density at radius 1 is 1.20 bits per heavy atom. The Labute approximate surface area is 152 Å². The molecule has 0 spiro atoms. The van der Waals surface area contributed by atoms with Gasteiger partial charge in [-0.25, -0.2) is 4.79 Å². The van der Waals surface area contributed by atoms with Crippen LogP contribution in [0.25, 0.3) is 0 Å². The highest BCUT2D eigenvalue weighted by atomic mass is 31.1. The highest BCUT2D eigenvalue weighted by Crippen LogP contribution is 2.35. The molecule has 0 aromatic heterocycles. The standard InChI is InChI=1S/C15H21O5P.C4H10/c1-9-7-10(2)13(12(8-9)15(4,5)6)19-14(16)11(3)20-21(17)18;1-3-4-2/h7-8,11H,1-6H3;3-4H2,1-2H3/p+1. The zero-order chi connectivity index (χ0) is 19.8. The summed E-state index contributed by atoms with van der Waals surface area (Å²) in [5.74, 6) is -0.202. The SMILES string of the molecule is CCCC.Cc1cc(C)c(OC(=O)C(C)O[P+](=O)O)c(C(C)(C)C)c1. The number of esters is 1. The molecule has 0 saturated carbocycles. The summed E-state index contributed by atoms with van der Waals surface area (Å²) in [5, 5.41) is 0. The molecule has 1 rings (SSSR count). The largest absolute Gasteiger partial charge is 0.695 e. The third-order valence-electron chi connectivity index (χ3n) is 3.51. The van der Waals surface area contributed by atoms with Crippen LogP contribution >= 0.6 is 8.25 Å². The van der Waals surface area contributed by atoms with Crippen LogP contribution in [0, 0.1) is 13.8 Å². The molecule has 0 fully saturated rings. The van der Waals surface area contributed by atoms with Gasteiger partial charge in [0.05, 0.1) is 0 Å². The fourth-order valence-electron chi connectivity index (χ4n) is 2.01. The van der Waals surface area contributed by atoms with Crippen molar-refractivity contribution in [2.24, 2.45) is 0 Å². The highest BCUT2D eigenvalue weighted by molar-refractivity contribution is 7.32. The van der Waals surface area contributed by atoms with Crippen LogP contribution in [0.2, 0.25) is 0 Å². The van der Waals surface area contributed by atoms with Gasteiger partial charge in [-0.15, -0.1) is 9.42 Å². The molecule has 1 N–H and O–H groups in total. The quantitative estimate of drug-likeness (QED) is 0.428. The van der Waals surface area contributed by atoms with Gasteiger partial charge in [0.1, 0.15) is 5.75 Å². The summed E-state index contributed by atoms with van der Waals surface area (Å²) < 4.78 is 20.6. The van der Waals surface area contributed by atoms with Crippen LogP contribution in [0.3, 0.4) is 0 Å². The van der Waals surface area contributed by atoms with Gasteiger partial charge in [-0.2, -0.15) is 0 Å². The predicted molar refractivity (Wildman–Crippen MR) is 101 cm³/mol. The third kappa shape index (κ3) is 8.57. The van der Waals surface area contributed by atoms with Gasteiger partial charge in [-0.1, -0.05) is 65.2 Å². The fraction of sp³-hybridized carbons (Fsp3) is 0.632. The van der Waals surface area contributed by atoms with Crippen molar-refractivity contribution in [3.8, 4) is 5.75 Å². The van der Waals surface area contributed by atoms with E-state index in [1.807, 2.05) is 46.8 Å². The van der Waals surface area contributed by atoms with Gasteiger partial charge in [0, 0.05) is 10.1 Å². The minimum atomic E-state index is -2.84. The van der Waals surface area contributed by atoms with Crippen LogP contribution in [0.5, 0.6) is 5.75 Å². The Balaban J connectivity index is 0.00000129. The van der Waals surface area contributed by atoms with Crippen LogP contribution in [0.1, 0.15) is 71.1 Å². The molecule has 142 valence electrons. The lowest BCUT2D eigenvalue weighted by atomic mass is 9.84. The first-order chi connectivity index (χ1) is 11.4. The first kappa shape index (κ1) is 23.7. The molecule has 0 bridgehead atoms. The lowest BCUT2D eigenvalue weighted by Crippen LogP contribution is -2.26. The van der Waals surface area contributed by atoms with E-state index in [0.29, 0.717) is 5.75 Å². The molecular weight excluding hydrogens is 339 g/mol. The van der Waals surface area contributed by atoms with Crippen molar-refractivity contribution in [3.05, 3.63) is 28.8 Å². The predicted octanol–water partition coefficient (Wildman–Crippen LogP) is 5.37. The van der Waals surface area contributed by atoms with E-state index in [1.54, 1.807) is 0 Å². The second-order valence-electron chi connectivity index (χ2n) is 7.12. The molecule has 2 unspecified atom stereocenters. The summed E-state index contributed by atoms with van der Waals surface area (Å²) >= 11 is 0. The van der Waals surface area contributed by atoms with E-state index in [4.69, 9.17) is 9.63 Å². The maximum atomic E-state index is 12.0. The maximum absolute atomic E-state index is 12.0. The van der Waals surface area contributed by atoms with Crippen molar-refractivity contribution >= 4 is 14.2 Å². The first-order valence-electron chi connectivity index (χ1n) is 8.60. The van der Waals surface area contributed by atoms with Crippen molar-refractivity contribution in [1.82, 2.24) is 0 Å². The first-order valence-corrected chi connectivity index (χ1v) is 9.73. The lowest BCUT2D eigenvalue weighted by Gasteiger charge is -2.24. The van der Waals surface area contributed by atoms with Gasteiger partial charge in [0.15, 0.2) is 0 Å². The van der Waals surface area contributed by atoms with Gasteiger partial charge >= 0.3 is 14.2 Å². The van der Waals surface area contributed by atoms with Gasteiger partial charge in [-0.3, -0.25) is 0 Å². The molecule has 0 aliphatic carbocycles. The van der Waals surface area contributed by atoms with Crippen LogP contribution in [0.4, 0.5) is 0 Å². The van der Waals surface area contributed by atoms with E-state index in [1.165, 1.54) is 19.8 Å². The van der Waals surface area contributed by atoms with Crippen LogP contribution in [-0.4, -0.2) is 17.0 Å². The highest BCUT2D eigenvalue weighted by Gasteiger charge is 2.29. The van der Waals surface area contributed by atoms with Crippen molar-refractivity contribution in [1.29, 1.82) is 0 Å². The molecule has 1 aromatic rings. The number of carbonyl (C=O) groups excluding carboxylic acids is 1. The van der Waals surface area contributed by atoms with E-state index >= 15 is 0 Å². The summed E-state index contributed by atoms with van der Waals surface area (Å²) in [7, 11) is -2.84. The van der Waals surface area contributed by atoms with Crippen molar-refractivity contribution in [2.75, 3.05) is 0 Å². The van der Waals surface area contributed by atoms with Gasteiger partial charge < -0.3 is 4.74 Å². The van der Waals surface area contributed by atoms with Crippen molar-refractivity contribution in [2.45, 2.75) is 79.8 Å². The monoisotopic (exact) mass is 371 g/mol. The zero-order valence-electron chi connectivity index (χ0n) is 16.7. The molecular formula is C19H32O5P+. The summed E-state index contributed by atoms with van der Waals surface area (Å²) in [6.07, 6.45) is 1.53. The molecule has 0 amide bonds. The second-order valence-corrected chi connectivity index (χ2v) is 7.80. The summed E-state index contributed by atoms with van der Waals surface area (Å²) in [5.41, 5.74) is 2.64. The fourth-order valence-corrected chi connectivity index (χ4v) is 2.37. The molecule has 0 aliphatic heterocycles. The zero-order valence-corrected chi connectivity index (χ0v) is 17.6. The van der Waals surface area contributed by atoms with E-state index < -0.39 is 20.3 Å². The molecule has 2 atom stereocenters. The Morgan fingerprint density at radius 2 is 1.72 bits per heavy atom. The molecule has 1 aromatic carbocycles. The second kappa shape index (κ2) is 10.6. The molecule has 5 nitrogen and oxygen atoms in total. The summed E-state index contributed by atoms with van der Waals surface area (Å²) in [4.78, 5) is 20.7. The smallest absolute Gasteiger partial charge is 0.424 e. The minimum absolute atomic E-state index is 0.196. The Morgan fingerprint density at radius 3 is 2.12 bits per heavy atom. The van der Waals surface area contributed by atoms with E-state index in [9.17, 15) is 9.36 Å². The van der Waals surface area contributed by atoms with Crippen molar-refractivity contribution in [3.63, 3.8) is 0 Å². The number of rotatable bonds is 5. The average Bonchev–Trinajstić information content (AvgIpc) is 2.48. The number of aryl methyl sites for hydroxylation is 2. The molecule has 0 radical (unpaired) electrons. The van der Waals surface area contributed by atoms with Crippen LogP contribution in [0.15, 0.2) is 12.1 Å². The Kier molecular flexibility index (Phi) is 10.1. The Bertz CT molecular complexity index is 588. The lowest BCUT2D eigenvalue weighted by molar-refractivity contribution is -0.141. The molecule has 0 aliphatic rings. The van der Waals surface area contributed by atoms with Gasteiger partial charge in [-0.05, 0) is 31.7 Å². The number of benzene rings is 1. The normalized spacial score (nSPS) is 12.8. The number of ether oxygens (including phenoxy) is 1. The maximum Gasteiger partial charge on any atom is 0.695 e. The molecule has 25 heavy (non-hydrogen) atoms. The van der Waals surface area contributed by atoms with Crippen molar-refractivity contribution < 1.29 is 23.5 Å². The number of unbranched alkanes of at least 4 members (excludes halogenated alkanes) is 1. The summed E-state index contributed by atoms with van der Waals surface area (Å²) in [6.45, 7) is 15.7.